The third-order valence-corrected chi connectivity index (χ3v) is 4.08. The number of rotatable bonds is 9. The van der Waals surface area contributed by atoms with Gasteiger partial charge in [0.1, 0.15) is 10.7 Å². The van der Waals surface area contributed by atoms with Crippen molar-refractivity contribution in [3.05, 3.63) is 4.88 Å². The van der Waals surface area contributed by atoms with Crippen molar-refractivity contribution < 1.29 is 4.79 Å². The second-order valence-electron chi connectivity index (χ2n) is 4.99. The average molecular weight is 298 g/mol. The van der Waals surface area contributed by atoms with Crippen LogP contribution >= 0.6 is 11.3 Å². The molecule has 1 heterocycles. The largest absolute Gasteiger partial charge is 0.382 e. The monoisotopic (exact) mass is 298 g/mol. The van der Waals surface area contributed by atoms with Gasteiger partial charge in [0.05, 0.1) is 0 Å². The number of hydrogen-bond acceptors (Lipinski definition) is 5. The van der Waals surface area contributed by atoms with E-state index in [1.165, 1.54) is 30.6 Å². The Morgan fingerprint density at radius 2 is 2.10 bits per heavy atom. The van der Waals surface area contributed by atoms with Crippen LogP contribution in [0.4, 0.5) is 10.9 Å². The lowest BCUT2D eigenvalue weighted by atomic mass is 10.1. The highest BCUT2D eigenvalue weighted by Crippen LogP contribution is 2.24. The van der Waals surface area contributed by atoms with Gasteiger partial charge < -0.3 is 16.4 Å². The number of nitrogens with one attached hydrogen (secondary N) is 2. The van der Waals surface area contributed by atoms with E-state index in [1.54, 1.807) is 0 Å². The summed E-state index contributed by atoms with van der Waals surface area (Å²) in [5, 5.41) is 6.77. The van der Waals surface area contributed by atoms with Gasteiger partial charge in [0, 0.05) is 12.6 Å². The Hall–Kier alpha value is -1.30. The zero-order valence-electron chi connectivity index (χ0n) is 12.7. The van der Waals surface area contributed by atoms with Gasteiger partial charge in [-0.2, -0.15) is 0 Å². The molecule has 1 atom stereocenters. The summed E-state index contributed by atoms with van der Waals surface area (Å²) in [5.41, 5.74) is 5.79. The highest BCUT2D eigenvalue weighted by molar-refractivity contribution is 7.18. The number of hydrogen-bond donors (Lipinski definition) is 3. The summed E-state index contributed by atoms with van der Waals surface area (Å²) in [7, 11) is 0. The molecule has 0 aromatic carbocycles. The second-order valence-corrected chi connectivity index (χ2v) is 5.99. The Morgan fingerprint density at radius 3 is 2.75 bits per heavy atom. The fourth-order valence-corrected chi connectivity index (χ4v) is 2.82. The van der Waals surface area contributed by atoms with Crippen molar-refractivity contribution in [1.82, 2.24) is 10.3 Å². The lowest BCUT2D eigenvalue weighted by Gasteiger charge is -2.12. The Morgan fingerprint density at radius 1 is 1.35 bits per heavy atom. The van der Waals surface area contributed by atoms with Gasteiger partial charge >= 0.3 is 0 Å². The molecule has 0 aliphatic heterocycles. The quantitative estimate of drug-likeness (QED) is 0.611. The van der Waals surface area contributed by atoms with Crippen LogP contribution in [0.3, 0.4) is 0 Å². The van der Waals surface area contributed by atoms with Gasteiger partial charge in [-0.05, 0) is 20.3 Å². The molecule has 0 fully saturated rings. The molecule has 0 saturated heterocycles. The number of anilines is 2. The van der Waals surface area contributed by atoms with E-state index >= 15 is 0 Å². The number of aromatic nitrogens is 1. The number of nitrogen functional groups attached to an aromatic ring is 1. The maximum Gasteiger partial charge on any atom is 0.265 e. The van der Waals surface area contributed by atoms with Gasteiger partial charge in [-0.15, -0.1) is 0 Å². The first-order valence-corrected chi connectivity index (χ1v) is 8.21. The van der Waals surface area contributed by atoms with Crippen molar-refractivity contribution in [3.8, 4) is 0 Å². The number of unbranched alkanes of at least 4 members (excludes halogenated alkanes) is 3. The van der Waals surface area contributed by atoms with E-state index in [0.29, 0.717) is 15.8 Å². The minimum Gasteiger partial charge on any atom is -0.382 e. The average Bonchev–Trinajstić information content (AvgIpc) is 2.76. The van der Waals surface area contributed by atoms with Gasteiger partial charge in [0.25, 0.3) is 5.91 Å². The summed E-state index contributed by atoms with van der Waals surface area (Å²) in [4.78, 5) is 16.8. The normalized spacial score (nSPS) is 12.2. The van der Waals surface area contributed by atoms with Gasteiger partial charge in [-0.3, -0.25) is 4.79 Å². The molecule has 114 valence electrons. The number of nitrogens with zero attached hydrogens (tertiary/aromatic N) is 1. The SMILES string of the molecule is CCCCCCC(C)NC(=O)c1sc(NCC)nc1N. The number of thiazole rings is 1. The minimum atomic E-state index is -0.118. The number of nitrogens with two attached hydrogens (primary N) is 1. The van der Waals surface area contributed by atoms with E-state index in [9.17, 15) is 4.79 Å². The van der Waals surface area contributed by atoms with Crippen molar-refractivity contribution >= 4 is 28.2 Å². The molecule has 0 aliphatic rings. The standard InChI is InChI=1S/C14H26N4OS/c1-4-6-7-8-9-10(3)17-13(19)11-12(15)18-14(20-11)16-5-2/h10H,4-9,15H2,1-3H3,(H,16,18)(H,17,19). The highest BCUT2D eigenvalue weighted by Gasteiger charge is 2.17. The van der Waals surface area contributed by atoms with Crippen molar-refractivity contribution in [2.75, 3.05) is 17.6 Å². The lowest BCUT2D eigenvalue weighted by molar-refractivity contribution is 0.0942. The third kappa shape index (κ3) is 5.36. The first-order chi connectivity index (χ1) is 9.58. The molecule has 1 aromatic heterocycles. The van der Waals surface area contributed by atoms with Crippen LogP contribution in [-0.4, -0.2) is 23.5 Å². The molecule has 0 aliphatic carbocycles. The lowest BCUT2D eigenvalue weighted by Crippen LogP contribution is -2.32. The maximum absolute atomic E-state index is 12.1. The summed E-state index contributed by atoms with van der Waals surface area (Å²) in [6.07, 6.45) is 5.87. The van der Waals surface area contributed by atoms with Crippen LogP contribution < -0.4 is 16.4 Å². The van der Waals surface area contributed by atoms with Crippen LogP contribution in [0.5, 0.6) is 0 Å². The molecule has 5 nitrogen and oxygen atoms in total. The summed E-state index contributed by atoms with van der Waals surface area (Å²) in [6, 6.07) is 0.170. The summed E-state index contributed by atoms with van der Waals surface area (Å²) in [6.45, 7) is 6.98. The molecule has 0 radical (unpaired) electrons. The molecule has 0 saturated carbocycles. The van der Waals surface area contributed by atoms with Crippen molar-refractivity contribution in [1.29, 1.82) is 0 Å². The fraction of sp³-hybridized carbons (Fsp3) is 0.714. The summed E-state index contributed by atoms with van der Waals surface area (Å²) < 4.78 is 0. The van der Waals surface area contributed by atoms with Crippen molar-refractivity contribution in [2.24, 2.45) is 0 Å². The van der Waals surface area contributed by atoms with Gasteiger partial charge in [-0.25, -0.2) is 4.98 Å². The van der Waals surface area contributed by atoms with Crippen molar-refractivity contribution in [3.63, 3.8) is 0 Å². The van der Waals surface area contributed by atoms with Crippen LogP contribution in [0.25, 0.3) is 0 Å². The second kappa shape index (κ2) is 8.79. The maximum atomic E-state index is 12.1. The summed E-state index contributed by atoms with van der Waals surface area (Å²) >= 11 is 1.31. The zero-order valence-corrected chi connectivity index (χ0v) is 13.5. The Kier molecular flexibility index (Phi) is 7.36. The molecule has 4 N–H and O–H groups in total. The predicted octanol–water partition coefficient (Wildman–Crippen LogP) is 3.25. The molecule has 0 spiro atoms. The predicted molar refractivity (Wildman–Crippen MR) is 86.4 cm³/mol. The summed E-state index contributed by atoms with van der Waals surface area (Å²) in [5.74, 6) is 0.189. The van der Waals surface area contributed by atoms with E-state index in [1.807, 2.05) is 13.8 Å². The molecule has 6 heteroatoms. The van der Waals surface area contributed by atoms with E-state index in [4.69, 9.17) is 5.73 Å². The van der Waals surface area contributed by atoms with Gasteiger partial charge in [0.2, 0.25) is 0 Å². The van der Waals surface area contributed by atoms with Crippen molar-refractivity contribution in [2.45, 2.75) is 58.9 Å². The first-order valence-electron chi connectivity index (χ1n) is 7.39. The molecule has 1 unspecified atom stereocenters. The number of carbonyl (C=O) groups is 1. The Labute approximate surface area is 125 Å². The topological polar surface area (TPSA) is 80.0 Å². The zero-order chi connectivity index (χ0) is 15.0. The van der Waals surface area contributed by atoms with Crippen LogP contribution in [0.1, 0.15) is 62.5 Å². The van der Waals surface area contributed by atoms with E-state index in [0.717, 1.165) is 19.4 Å². The molecule has 1 aromatic rings. The molecular formula is C14H26N4OS. The first kappa shape index (κ1) is 16.8. The minimum absolute atomic E-state index is 0.118. The molecule has 1 rings (SSSR count). The van der Waals surface area contributed by atoms with E-state index < -0.39 is 0 Å². The number of amides is 1. The highest BCUT2D eigenvalue weighted by atomic mass is 32.1. The van der Waals surface area contributed by atoms with Crippen LogP contribution in [0.2, 0.25) is 0 Å². The van der Waals surface area contributed by atoms with Gasteiger partial charge in [-0.1, -0.05) is 43.9 Å². The number of carbonyl (C=O) groups excluding carboxylic acids is 1. The molecule has 0 bridgehead atoms. The van der Waals surface area contributed by atoms with Crippen LogP contribution in [-0.2, 0) is 0 Å². The molecular weight excluding hydrogens is 272 g/mol. The fourth-order valence-electron chi connectivity index (χ4n) is 1.96. The van der Waals surface area contributed by atoms with Gasteiger partial charge in [0.15, 0.2) is 5.13 Å². The Bertz CT molecular complexity index is 419. The van der Waals surface area contributed by atoms with E-state index in [-0.39, 0.29) is 11.9 Å². The molecule has 20 heavy (non-hydrogen) atoms. The van der Waals surface area contributed by atoms with E-state index in [2.05, 4.69) is 22.5 Å². The van der Waals surface area contributed by atoms with Crippen LogP contribution in [0, 0.1) is 0 Å². The molecule has 1 amide bonds. The third-order valence-electron chi connectivity index (χ3n) is 3.06. The van der Waals surface area contributed by atoms with Crippen LogP contribution in [0.15, 0.2) is 0 Å². The smallest absolute Gasteiger partial charge is 0.265 e. The Balaban J connectivity index is 2.45.